The molecule has 0 heterocycles. The third-order valence-corrected chi connectivity index (χ3v) is 3.43. The van der Waals surface area contributed by atoms with Crippen LogP contribution < -0.4 is 5.32 Å². The highest BCUT2D eigenvalue weighted by Gasteiger charge is 2.16. The van der Waals surface area contributed by atoms with E-state index in [0.29, 0.717) is 17.9 Å². The molecule has 2 N–H and O–H groups in total. The van der Waals surface area contributed by atoms with Gasteiger partial charge in [0.25, 0.3) is 0 Å². The van der Waals surface area contributed by atoms with Crippen molar-refractivity contribution in [3.05, 3.63) is 34.9 Å². The zero-order chi connectivity index (χ0) is 14.3. The average molecular weight is 284 g/mol. The fraction of sp³-hybridized carbons (Fsp3) is 0.533. The number of aliphatic hydroxyl groups excluding tert-OH is 1. The van der Waals surface area contributed by atoms with Crippen molar-refractivity contribution in [1.82, 2.24) is 5.32 Å². The number of carbonyl (C=O) groups excluding carboxylic acids is 1. The van der Waals surface area contributed by atoms with Crippen molar-refractivity contribution in [3.63, 3.8) is 0 Å². The van der Waals surface area contributed by atoms with E-state index in [1.807, 2.05) is 38.1 Å². The summed E-state index contributed by atoms with van der Waals surface area (Å²) in [6.07, 6.45) is 2.10. The number of halogens is 1. The zero-order valence-electron chi connectivity index (χ0n) is 11.5. The molecule has 0 aliphatic rings. The molecule has 0 fully saturated rings. The van der Waals surface area contributed by atoms with Gasteiger partial charge in [0.15, 0.2) is 0 Å². The molecule has 0 radical (unpaired) electrons. The van der Waals surface area contributed by atoms with Crippen molar-refractivity contribution < 1.29 is 9.90 Å². The van der Waals surface area contributed by atoms with Crippen LogP contribution in [0.4, 0.5) is 0 Å². The maximum atomic E-state index is 12.1. The second-order valence-corrected chi connectivity index (χ2v) is 5.30. The fourth-order valence-electron chi connectivity index (χ4n) is 1.99. The van der Waals surface area contributed by atoms with Crippen molar-refractivity contribution in [1.29, 1.82) is 0 Å². The summed E-state index contributed by atoms with van der Waals surface area (Å²) in [4.78, 5) is 12.1. The van der Waals surface area contributed by atoms with Gasteiger partial charge in [-0.2, -0.15) is 0 Å². The number of hydrogen-bond acceptors (Lipinski definition) is 2. The Morgan fingerprint density at radius 3 is 2.79 bits per heavy atom. The molecule has 2 atom stereocenters. The Morgan fingerprint density at radius 2 is 2.21 bits per heavy atom. The number of hydrogen-bond donors (Lipinski definition) is 2. The molecule has 19 heavy (non-hydrogen) atoms. The van der Waals surface area contributed by atoms with Crippen LogP contribution in [-0.4, -0.2) is 23.7 Å². The largest absolute Gasteiger partial charge is 0.396 e. The Bertz CT molecular complexity index is 409. The van der Waals surface area contributed by atoms with Crippen LogP contribution >= 0.6 is 11.6 Å². The summed E-state index contributed by atoms with van der Waals surface area (Å²) in [6.45, 7) is 4.01. The van der Waals surface area contributed by atoms with Gasteiger partial charge in [0.2, 0.25) is 5.91 Å². The molecule has 0 spiro atoms. The quantitative estimate of drug-likeness (QED) is 0.808. The molecule has 1 amide bonds. The van der Waals surface area contributed by atoms with Gasteiger partial charge in [-0.3, -0.25) is 4.79 Å². The number of carbonyl (C=O) groups is 1. The molecule has 1 aromatic rings. The van der Waals surface area contributed by atoms with Gasteiger partial charge in [0, 0.05) is 23.6 Å². The predicted octanol–water partition coefficient (Wildman–Crippen LogP) is 2.80. The molecule has 1 aromatic carbocycles. The van der Waals surface area contributed by atoms with Crippen LogP contribution in [0.25, 0.3) is 0 Å². The third kappa shape index (κ3) is 5.62. The van der Waals surface area contributed by atoms with E-state index < -0.39 is 0 Å². The Kier molecular flexibility index (Phi) is 6.89. The number of rotatable bonds is 7. The van der Waals surface area contributed by atoms with Crippen LogP contribution in [0.3, 0.4) is 0 Å². The van der Waals surface area contributed by atoms with E-state index in [4.69, 9.17) is 16.7 Å². The second kappa shape index (κ2) is 8.18. The minimum absolute atomic E-state index is 0.0280. The lowest BCUT2D eigenvalue weighted by atomic mass is 9.99. The molecule has 0 aromatic heterocycles. The minimum atomic E-state index is -0.105. The van der Waals surface area contributed by atoms with Gasteiger partial charge in [-0.1, -0.05) is 37.6 Å². The molecule has 0 saturated heterocycles. The molecule has 0 aliphatic carbocycles. The van der Waals surface area contributed by atoms with E-state index in [1.165, 1.54) is 0 Å². The van der Waals surface area contributed by atoms with Crippen LogP contribution in [0.2, 0.25) is 5.02 Å². The normalized spacial score (nSPS) is 13.9. The lowest BCUT2D eigenvalue weighted by molar-refractivity contribution is -0.125. The first-order valence-electron chi connectivity index (χ1n) is 6.72. The predicted molar refractivity (Wildman–Crippen MR) is 78.2 cm³/mol. The summed E-state index contributed by atoms with van der Waals surface area (Å²) in [5, 5.41) is 12.6. The van der Waals surface area contributed by atoms with Gasteiger partial charge in [-0.25, -0.2) is 0 Å². The molecule has 2 unspecified atom stereocenters. The van der Waals surface area contributed by atoms with Crippen molar-refractivity contribution in [2.24, 2.45) is 5.92 Å². The SMILES string of the molecule is CCC(CCO)NC(=O)C(C)Cc1cccc(Cl)c1. The van der Waals surface area contributed by atoms with E-state index >= 15 is 0 Å². The first kappa shape index (κ1) is 16.0. The maximum Gasteiger partial charge on any atom is 0.223 e. The molecule has 0 aliphatic heterocycles. The van der Waals surface area contributed by atoms with Crippen LogP contribution in [0, 0.1) is 5.92 Å². The Hall–Kier alpha value is -1.06. The van der Waals surface area contributed by atoms with Gasteiger partial charge in [0.05, 0.1) is 0 Å². The molecule has 0 saturated carbocycles. The summed E-state index contributed by atoms with van der Waals surface area (Å²) in [5.74, 6) is -0.0773. The van der Waals surface area contributed by atoms with E-state index in [1.54, 1.807) is 0 Å². The molecular formula is C15H22ClNO2. The van der Waals surface area contributed by atoms with Crippen LogP contribution in [0.1, 0.15) is 32.3 Å². The number of nitrogens with one attached hydrogen (secondary N) is 1. The Balaban J connectivity index is 2.52. The minimum Gasteiger partial charge on any atom is -0.396 e. The molecule has 0 bridgehead atoms. The lowest BCUT2D eigenvalue weighted by Gasteiger charge is -2.19. The molecule has 1 rings (SSSR count). The highest BCUT2D eigenvalue weighted by atomic mass is 35.5. The number of amides is 1. The third-order valence-electron chi connectivity index (χ3n) is 3.20. The van der Waals surface area contributed by atoms with Crippen LogP contribution in [0.15, 0.2) is 24.3 Å². The van der Waals surface area contributed by atoms with Gasteiger partial charge in [-0.15, -0.1) is 0 Å². The van der Waals surface area contributed by atoms with E-state index in [-0.39, 0.29) is 24.5 Å². The van der Waals surface area contributed by atoms with Gasteiger partial charge >= 0.3 is 0 Å². The summed E-state index contributed by atoms with van der Waals surface area (Å²) < 4.78 is 0. The topological polar surface area (TPSA) is 49.3 Å². The standard InChI is InChI=1S/C15H22ClNO2/c1-3-14(7-8-18)17-15(19)11(2)9-12-5-4-6-13(16)10-12/h4-6,10-11,14,18H,3,7-9H2,1-2H3,(H,17,19). The van der Waals surface area contributed by atoms with Crippen molar-refractivity contribution in [3.8, 4) is 0 Å². The van der Waals surface area contributed by atoms with Crippen molar-refractivity contribution in [2.75, 3.05) is 6.61 Å². The fourth-order valence-corrected chi connectivity index (χ4v) is 2.20. The summed E-state index contributed by atoms with van der Waals surface area (Å²) in [6, 6.07) is 7.63. The van der Waals surface area contributed by atoms with Crippen LogP contribution in [0.5, 0.6) is 0 Å². The van der Waals surface area contributed by atoms with Crippen molar-refractivity contribution >= 4 is 17.5 Å². The highest BCUT2D eigenvalue weighted by molar-refractivity contribution is 6.30. The lowest BCUT2D eigenvalue weighted by Crippen LogP contribution is -2.38. The van der Waals surface area contributed by atoms with E-state index in [2.05, 4.69) is 5.32 Å². The van der Waals surface area contributed by atoms with Gasteiger partial charge in [0.1, 0.15) is 0 Å². The zero-order valence-corrected chi connectivity index (χ0v) is 12.3. The highest BCUT2D eigenvalue weighted by Crippen LogP contribution is 2.15. The summed E-state index contributed by atoms with van der Waals surface area (Å²) in [7, 11) is 0. The molecule has 106 valence electrons. The van der Waals surface area contributed by atoms with Gasteiger partial charge < -0.3 is 10.4 Å². The molecular weight excluding hydrogens is 262 g/mol. The first-order valence-corrected chi connectivity index (χ1v) is 7.10. The summed E-state index contributed by atoms with van der Waals surface area (Å²) in [5.41, 5.74) is 1.06. The average Bonchev–Trinajstić information content (AvgIpc) is 2.38. The molecule has 4 heteroatoms. The first-order chi connectivity index (χ1) is 9.06. The van der Waals surface area contributed by atoms with Crippen molar-refractivity contribution in [2.45, 2.75) is 39.2 Å². The van der Waals surface area contributed by atoms with Crippen LogP contribution in [-0.2, 0) is 11.2 Å². The number of benzene rings is 1. The molecule has 3 nitrogen and oxygen atoms in total. The smallest absolute Gasteiger partial charge is 0.223 e. The van der Waals surface area contributed by atoms with E-state index in [9.17, 15) is 4.79 Å². The Morgan fingerprint density at radius 1 is 1.47 bits per heavy atom. The van der Waals surface area contributed by atoms with E-state index in [0.717, 1.165) is 12.0 Å². The summed E-state index contributed by atoms with van der Waals surface area (Å²) >= 11 is 5.93. The Labute approximate surface area is 120 Å². The maximum absolute atomic E-state index is 12.1. The number of aliphatic hydroxyl groups is 1. The van der Waals surface area contributed by atoms with Gasteiger partial charge in [-0.05, 0) is 37.0 Å². The monoisotopic (exact) mass is 283 g/mol. The second-order valence-electron chi connectivity index (χ2n) is 4.86.